The van der Waals surface area contributed by atoms with E-state index in [-0.39, 0.29) is 18.1 Å². The third-order valence-corrected chi connectivity index (χ3v) is 6.70. The average molecular weight is 590 g/mol. The lowest BCUT2D eigenvalue weighted by molar-refractivity contribution is -0.132. The van der Waals surface area contributed by atoms with Crippen molar-refractivity contribution in [2.24, 2.45) is 11.7 Å². The van der Waals surface area contributed by atoms with Crippen LogP contribution in [-0.4, -0.2) is 76.6 Å². The van der Waals surface area contributed by atoms with Crippen LogP contribution in [0.2, 0.25) is 0 Å². The molecule has 0 saturated carbocycles. The Hall–Kier alpha value is -4.53. The first kappa shape index (κ1) is 32.7. The number of thiazole rings is 1. The van der Waals surface area contributed by atoms with Gasteiger partial charge in [0.2, 0.25) is 29.5 Å². The van der Waals surface area contributed by atoms with Crippen molar-refractivity contribution in [3.8, 4) is 5.75 Å². The van der Waals surface area contributed by atoms with E-state index in [0.29, 0.717) is 21.9 Å². The number of rotatable bonds is 15. The molecule has 4 atom stereocenters. The highest BCUT2D eigenvalue weighted by Crippen LogP contribution is 2.19. The molecule has 1 aromatic heterocycles. The van der Waals surface area contributed by atoms with Crippen molar-refractivity contribution >= 4 is 52.3 Å². The van der Waals surface area contributed by atoms with Gasteiger partial charge in [-0.3, -0.25) is 28.8 Å². The molecule has 8 N–H and O–H groups in total. The van der Waals surface area contributed by atoms with Gasteiger partial charge >= 0.3 is 0 Å². The molecule has 0 spiro atoms. The van der Waals surface area contributed by atoms with Crippen molar-refractivity contribution in [2.45, 2.75) is 58.3 Å². The number of aromatic nitrogens is 1. The van der Waals surface area contributed by atoms with Crippen LogP contribution >= 0.6 is 11.3 Å². The van der Waals surface area contributed by atoms with Gasteiger partial charge in [0.15, 0.2) is 11.4 Å². The molecule has 2 aromatic rings. The number of amides is 5. The Labute approximate surface area is 240 Å². The summed E-state index contributed by atoms with van der Waals surface area (Å²) in [6.07, 6.45) is 2.12. The van der Waals surface area contributed by atoms with Crippen molar-refractivity contribution in [3.63, 3.8) is 0 Å². The third kappa shape index (κ3) is 10.5. The lowest BCUT2D eigenvalue weighted by Gasteiger charge is -2.24. The van der Waals surface area contributed by atoms with E-state index in [1.54, 1.807) is 26.0 Å². The maximum absolute atomic E-state index is 12.8. The second-order valence-corrected chi connectivity index (χ2v) is 10.7. The fourth-order valence-electron chi connectivity index (χ4n) is 3.50. The van der Waals surface area contributed by atoms with Gasteiger partial charge in [0, 0.05) is 6.42 Å². The Morgan fingerprint density at radius 1 is 0.951 bits per heavy atom. The summed E-state index contributed by atoms with van der Waals surface area (Å²) in [6, 6.07) is 2.20. The highest BCUT2D eigenvalue weighted by atomic mass is 32.1. The van der Waals surface area contributed by atoms with Crippen LogP contribution in [0.25, 0.3) is 0 Å². The zero-order valence-corrected chi connectivity index (χ0v) is 23.9. The molecule has 0 fully saturated rings. The number of nitrogens with zero attached hydrogens (tertiary/aromatic N) is 1. The van der Waals surface area contributed by atoms with E-state index >= 15 is 0 Å². The molecule has 41 heavy (non-hydrogen) atoms. The summed E-state index contributed by atoms with van der Waals surface area (Å²) in [7, 11) is 0. The summed E-state index contributed by atoms with van der Waals surface area (Å²) in [5.41, 5.74) is 6.03. The van der Waals surface area contributed by atoms with Gasteiger partial charge in [-0.25, -0.2) is 4.98 Å². The van der Waals surface area contributed by atoms with Gasteiger partial charge in [0.1, 0.15) is 29.9 Å². The van der Waals surface area contributed by atoms with Crippen LogP contribution < -0.4 is 32.3 Å². The first-order valence-corrected chi connectivity index (χ1v) is 13.5. The SMILES string of the molecule is CC(NC(=O)C(C)NC(=O)C(Nc1ncc(C=O)s1)C(C)C)C(=O)NCC(=O)NC(Cc1ccc(O)cc1)C(N)=O. The molecule has 5 amide bonds. The molecular weight excluding hydrogens is 554 g/mol. The molecule has 0 radical (unpaired) electrons. The first-order chi connectivity index (χ1) is 19.3. The molecule has 14 nitrogen and oxygen atoms in total. The number of nitrogens with one attached hydrogen (secondary N) is 5. The number of aromatic hydroxyl groups is 1. The Kier molecular flexibility index (Phi) is 12.2. The van der Waals surface area contributed by atoms with Crippen LogP contribution in [0, 0.1) is 5.92 Å². The molecule has 0 aliphatic rings. The van der Waals surface area contributed by atoms with Crippen LogP contribution in [0.5, 0.6) is 5.75 Å². The monoisotopic (exact) mass is 589 g/mol. The molecule has 15 heteroatoms. The summed E-state index contributed by atoms with van der Waals surface area (Å²) in [4.78, 5) is 77.3. The lowest BCUT2D eigenvalue weighted by Crippen LogP contribution is -2.55. The maximum Gasteiger partial charge on any atom is 0.243 e. The Balaban J connectivity index is 1.83. The van der Waals surface area contributed by atoms with Crippen molar-refractivity contribution in [3.05, 3.63) is 40.9 Å². The van der Waals surface area contributed by atoms with E-state index in [0.717, 1.165) is 11.3 Å². The Morgan fingerprint density at radius 3 is 2.12 bits per heavy atom. The zero-order valence-electron chi connectivity index (χ0n) is 23.1. The van der Waals surface area contributed by atoms with Crippen LogP contribution in [0.1, 0.15) is 42.9 Å². The minimum Gasteiger partial charge on any atom is -0.508 e. The quantitative estimate of drug-likeness (QED) is 0.132. The number of phenolic OH excluding ortho intramolecular Hbond substituents is 1. The van der Waals surface area contributed by atoms with Gasteiger partial charge in [-0.05, 0) is 37.5 Å². The van der Waals surface area contributed by atoms with Gasteiger partial charge in [0.05, 0.1) is 17.6 Å². The predicted octanol–water partition coefficient (Wildman–Crippen LogP) is -0.564. The van der Waals surface area contributed by atoms with Gasteiger partial charge in [0.25, 0.3) is 0 Å². The van der Waals surface area contributed by atoms with Crippen LogP contribution in [0.4, 0.5) is 5.13 Å². The zero-order chi connectivity index (χ0) is 30.7. The van der Waals surface area contributed by atoms with E-state index in [2.05, 4.69) is 31.6 Å². The lowest BCUT2D eigenvalue weighted by atomic mass is 10.0. The molecule has 4 unspecified atom stereocenters. The van der Waals surface area contributed by atoms with Gasteiger partial charge in [-0.2, -0.15) is 0 Å². The van der Waals surface area contributed by atoms with E-state index in [1.165, 1.54) is 32.2 Å². The Morgan fingerprint density at radius 2 is 1.56 bits per heavy atom. The van der Waals surface area contributed by atoms with Crippen LogP contribution in [0.3, 0.4) is 0 Å². The number of hydrogen-bond donors (Lipinski definition) is 7. The van der Waals surface area contributed by atoms with Crippen molar-refractivity contribution < 1.29 is 33.9 Å². The standard InChI is InChI=1S/C26H35N7O7S/c1-13(2)21(33-26-29-10-18(12-34)41-26)25(40)31-15(4)24(39)30-14(3)23(38)28-11-20(36)32-19(22(27)37)9-16-5-7-17(35)8-6-16/h5-8,10,12-15,19,21,35H,9,11H2,1-4H3,(H2,27,37)(H,28,38)(H,29,33)(H,30,39)(H,31,40)(H,32,36). The molecule has 0 saturated heterocycles. The number of carbonyl (C=O) groups is 6. The topological polar surface area (TPSA) is 222 Å². The molecule has 0 bridgehead atoms. The second kappa shape index (κ2) is 15.3. The summed E-state index contributed by atoms with van der Waals surface area (Å²) >= 11 is 1.09. The average Bonchev–Trinajstić information content (AvgIpc) is 3.38. The minimum absolute atomic E-state index is 0.0487. The first-order valence-electron chi connectivity index (χ1n) is 12.7. The number of carbonyl (C=O) groups excluding carboxylic acids is 6. The second-order valence-electron chi connectivity index (χ2n) is 9.62. The summed E-state index contributed by atoms with van der Waals surface area (Å²) in [5.74, 6) is -3.36. The molecule has 2 rings (SSSR count). The summed E-state index contributed by atoms with van der Waals surface area (Å²) < 4.78 is 0. The Bertz CT molecular complexity index is 1250. The molecule has 1 heterocycles. The van der Waals surface area contributed by atoms with E-state index < -0.39 is 60.2 Å². The van der Waals surface area contributed by atoms with Crippen LogP contribution in [-0.2, 0) is 30.4 Å². The van der Waals surface area contributed by atoms with E-state index in [9.17, 15) is 33.9 Å². The number of phenols is 1. The molecular formula is C26H35N7O7S. The fourth-order valence-corrected chi connectivity index (χ4v) is 4.17. The molecule has 0 aliphatic carbocycles. The largest absolute Gasteiger partial charge is 0.508 e. The van der Waals surface area contributed by atoms with Crippen molar-refractivity contribution in [1.82, 2.24) is 26.3 Å². The van der Waals surface area contributed by atoms with Crippen molar-refractivity contribution in [2.75, 3.05) is 11.9 Å². The van der Waals surface area contributed by atoms with Crippen molar-refractivity contribution in [1.29, 1.82) is 0 Å². The number of hydrogen-bond acceptors (Lipinski definition) is 10. The van der Waals surface area contributed by atoms with E-state index in [1.807, 2.05) is 0 Å². The molecule has 0 aliphatic heterocycles. The molecule has 1 aromatic carbocycles. The highest BCUT2D eigenvalue weighted by molar-refractivity contribution is 7.17. The van der Waals surface area contributed by atoms with Crippen LogP contribution in [0.15, 0.2) is 30.5 Å². The number of aldehydes is 1. The maximum atomic E-state index is 12.8. The van der Waals surface area contributed by atoms with E-state index in [4.69, 9.17) is 5.73 Å². The predicted molar refractivity (Wildman–Crippen MR) is 151 cm³/mol. The number of nitrogens with two attached hydrogens (primary N) is 1. The number of anilines is 1. The van der Waals surface area contributed by atoms with Gasteiger partial charge in [-0.1, -0.05) is 37.3 Å². The summed E-state index contributed by atoms with van der Waals surface area (Å²) in [6.45, 7) is 5.99. The fraction of sp³-hybridized carbons (Fsp3) is 0.423. The molecule has 222 valence electrons. The van der Waals surface area contributed by atoms with Gasteiger partial charge < -0.3 is 37.4 Å². The minimum atomic E-state index is -1.05. The number of benzene rings is 1. The highest BCUT2D eigenvalue weighted by Gasteiger charge is 2.28. The smallest absolute Gasteiger partial charge is 0.243 e. The number of primary amides is 1. The van der Waals surface area contributed by atoms with Gasteiger partial charge in [-0.15, -0.1) is 0 Å². The third-order valence-electron chi connectivity index (χ3n) is 5.85. The normalized spacial score (nSPS) is 13.7. The summed E-state index contributed by atoms with van der Waals surface area (Å²) in [5, 5.41) is 22.6.